The van der Waals surface area contributed by atoms with E-state index in [1.54, 1.807) is 0 Å². The molecule has 0 atom stereocenters. The summed E-state index contributed by atoms with van der Waals surface area (Å²) >= 11 is 1.51. The van der Waals surface area contributed by atoms with E-state index in [-0.39, 0.29) is 11.4 Å². The normalized spacial score (nSPS) is 17.8. The van der Waals surface area contributed by atoms with E-state index in [1.165, 1.54) is 22.6 Å². The summed E-state index contributed by atoms with van der Waals surface area (Å²) in [7, 11) is 1.93. The summed E-state index contributed by atoms with van der Waals surface area (Å²) in [4.78, 5) is 20.4. The van der Waals surface area contributed by atoms with E-state index in [0.717, 1.165) is 52.6 Å². The smallest absolute Gasteiger partial charge is 0.263 e. The molecule has 7 heteroatoms. The SMILES string of the molecule is Cn1cc(-c2ccc3c(c2)N(c2nc4c(s2)C(=O)NC(C)(C)C4)CCC3)cn1. The fraction of sp³-hybridized carbons (Fsp3) is 0.381. The number of amides is 1. The van der Waals surface area contributed by atoms with E-state index in [2.05, 4.69) is 33.5 Å². The molecule has 0 spiro atoms. The third-order valence-corrected chi connectivity index (χ3v) is 6.55. The summed E-state index contributed by atoms with van der Waals surface area (Å²) in [5.74, 6) is -0.00339. The molecule has 5 rings (SSSR count). The molecule has 0 aliphatic carbocycles. The van der Waals surface area contributed by atoms with Crippen LogP contribution in [0, 0.1) is 0 Å². The summed E-state index contributed by atoms with van der Waals surface area (Å²) in [6.45, 7) is 5.01. The zero-order valence-electron chi connectivity index (χ0n) is 16.3. The van der Waals surface area contributed by atoms with Gasteiger partial charge in [-0.2, -0.15) is 5.10 Å². The highest BCUT2D eigenvalue weighted by atomic mass is 32.1. The van der Waals surface area contributed by atoms with Crippen molar-refractivity contribution < 1.29 is 4.79 Å². The summed E-state index contributed by atoms with van der Waals surface area (Å²) in [6.07, 6.45) is 6.84. The van der Waals surface area contributed by atoms with E-state index in [9.17, 15) is 4.79 Å². The lowest BCUT2D eigenvalue weighted by atomic mass is 9.94. The van der Waals surface area contributed by atoms with Crippen molar-refractivity contribution in [2.24, 2.45) is 7.05 Å². The third-order valence-electron chi connectivity index (χ3n) is 5.43. The first-order valence-electron chi connectivity index (χ1n) is 9.61. The van der Waals surface area contributed by atoms with Crippen molar-refractivity contribution >= 4 is 28.1 Å². The Kier molecular flexibility index (Phi) is 3.84. The number of rotatable bonds is 2. The maximum Gasteiger partial charge on any atom is 0.263 e. The van der Waals surface area contributed by atoms with Gasteiger partial charge in [0.15, 0.2) is 5.13 Å². The molecule has 3 aromatic rings. The standard InChI is InChI=1S/C21H23N5OS/c1-21(2)10-16-18(19(27)24-21)28-20(23-16)26-8-4-5-13-6-7-14(9-17(13)26)15-11-22-25(3)12-15/h6-7,9,11-12H,4-5,8,10H2,1-3H3,(H,24,27). The van der Waals surface area contributed by atoms with Crippen molar-refractivity contribution in [1.29, 1.82) is 0 Å². The molecule has 0 unspecified atom stereocenters. The molecule has 1 amide bonds. The van der Waals surface area contributed by atoms with Crippen molar-refractivity contribution in [2.45, 2.75) is 38.6 Å². The lowest BCUT2D eigenvalue weighted by Crippen LogP contribution is -2.48. The van der Waals surface area contributed by atoms with Crippen LogP contribution in [0.25, 0.3) is 11.1 Å². The van der Waals surface area contributed by atoms with Crippen molar-refractivity contribution in [2.75, 3.05) is 11.4 Å². The minimum Gasteiger partial charge on any atom is -0.346 e. The summed E-state index contributed by atoms with van der Waals surface area (Å²) in [5.41, 5.74) is 5.46. The highest BCUT2D eigenvalue weighted by molar-refractivity contribution is 7.17. The van der Waals surface area contributed by atoms with E-state index in [4.69, 9.17) is 4.98 Å². The number of carbonyl (C=O) groups excluding carboxylic acids is 1. The van der Waals surface area contributed by atoms with Crippen molar-refractivity contribution in [3.63, 3.8) is 0 Å². The summed E-state index contributed by atoms with van der Waals surface area (Å²) < 4.78 is 1.82. The van der Waals surface area contributed by atoms with Gasteiger partial charge in [-0.1, -0.05) is 23.5 Å². The van der Waals surface area contributed by atoms with Crippen LogP contribution in [-0.2, 0) is 19.9 Å². The van der Waals surface area contributed by atoms with Gasteiger partial charge < -0.3 is 10.2 Å². The van der Waals surface area contributed by atoms with Crippen LogP contribution in [-0.4, -0.2) is 32.8 Å². The molecule has 2 aliphatic heterocycles. The lowest BCUT2D eigenvalue weighted by molar-refractivity contribution is 0.0901. The zero-order chi connectivity index (χ0) is 19.5. The summed E-state index contributed by atoms with van der Waals surface area (Å²) in [5, 5.41) is 8.30. The minimum atomic E-state index is -0.247. The van der Waals surface area contributed by atoms with Crippen LogP contribution in [0.15, 0.2) is 30.6 Å². The van der Waals surface area contributed by atoms with Gasteiger partial charge in [0, 0.05) is 43.0 Å². The van der Waals surface area contributed by atoms with E-state index in [1.807, 2.05) is 38.0 Å². The van der Waals surface area contributed by atoms with E-state index in [0.29, 0.717) is 0 Å². The number of benzene rings is 1. The molecule has 0 saturated carbocycles. The fourth-order valence-electron chi connectivity index (χ4n) is 4.10. The number of hydrogen-bond acceptors (Lipinski definition) is 5. The Morgan fingerprint density at radius 3 is 2.89 bits per heavy atom. The van der Waals surface area contributed by atoms with Gasteiger partial charge in [-0.05, 0) is 43.9 Å². The summed E-state index contributed by atoms with van der Waals surface area (Å²) in [6, 6.07) is 6.62. The van der Waals surface area contributed by atoms with Gasteiger partial charge in [0.25, 0.3) is 5.91 Å². The molecular formula is C21H23N5OS. The van der Waals surface area contributed by atoms with E-state index >= 15 is 0 Å². The van der Waals surface area contributed by atoms with Gasteiger partial charge in [-0.25, -0.2) is 4.98 Å². The number of anilines is 2. The number of hydrogen-bond donors (Lipinski definition) is 1. The zero-order valence-corrected chi connectivity index (χ0v) is 17.1. The third kappa shape index (κ3) is 2.90. The predicted octanol–water partition coefficient (Wildman–Crippen LogP) is 3.69. The average Bonchev–Trinajstić information content (AvgIpc) is 3.26. The predicted molar refractivity (Wildman–Crippen MR) is 111 cm³/mol. The number of nitrogens with one attached hydrogen (secondary N) is 1. The molecule has 2 aliphatic rings. The van der Waals surface area contributed by atoms with Crippen LogP contribution in [0.1, 0.15) is 41.2 Å². The lowest BCUT2D eigenvalue weighted by Gasteiger charge is -2.29. The Bertz CT molecular complexity index is 1080. The maximum absolute atomic E-state index is 12.5. The molecule has 1 N–H and O–H groups in total. The van der Waals surface area contributed by atoms with Crippen molar-refractivity contribution in [3.05, 3.63) is 46.7 Å². The molecule has 144 valence electrons. The van der Waals surface area contributed by atoms with Crippen molar-refractivity contribution in [1.82, 2.24) is 20.1 Å². The second-order valence-corrected chi connectivity index (χ2v) is 9.27. The van der Waals surface area contributed by atoms with Gasteiger partial charge >= 0.3 is 0 Å². The second kappa shape index (κ2) is 6.17. The quantitative estimate of drug-likeness (QED) is 0.721. The number of nitrogens with zero attached hydrogens (tertiary/aromatic N) is 4. The topological polar surface area (TPSA) is 63.1 Å². The first-order chi connectivity index (χ1) is 13.4. The minimum absolute atomic E-state index is 0.00339. The molecular weight excluding hydrogens is 370 g/mol. The Balaban J connectivity index is 1.56. The number of aromatic nitrogens is 3. The van der Waals surface area contributed by atoms with Gasteiger partial charge in [-0.15, -0.1) is 0 Å². The molecule has 0 fully saturated rings. The molecule has 4 heterocycles. The van der Waals surface area contributed by atoms with E-state index < -0.39 is 0 Å². The van der Waals surface area contributed by atoms with Crippen LogP contribution < -0.4 is 10.2 Å². The highest BCUT2D eigenvalue weighted by Crippen LogP contribution is 2.40. The Hall–Kier alpha value is -2.67. The second-order valence-electron chi connectivity index (χ2n) is 8.29. The monoisotopic (exact) mass is 393 g/mol. The number of carbonyl (C=O) groups is 1. The van der Waals surface area contributed by atoms with Crippen molar-refractivity contribution in [3.8, 4) is 11.1 Å². The van der Waals surface area contributed by atoms with Gasteiger partial charge in [-0.3, -0.25) is 9.48 Å². The maximum atomic E-state index is 12.5. The number of thiazole rings is 1. The first-order valence-corrected chi connectivity index (χ1v) is 10.4. The molecule has 0 saturated heterocycles. The van der Waals surface area contributed by atoms with Crippen LogP contribution in [0.2, 0.25) is 0 Å². The van der Waals surface area contributed by atoms with Gasteiger partial charge in [0.05, 0.1) is 11.9 Å². The Morgan fingerprint density at radius 1 is 1.25 bits per heavy atom. The largest absolute Gasteiger partial charge is 0.346 e. The van der Waals surface area contributed by atoms with Crippen LogP contribution in [0.4, 0.5) is 10.8 Å². The molecule has 6 nitrogen and oxygen atoms in total. The molecule has 2 aromatic heterocycles. The molecule has 0 radical (unpaired) electrons. The fourth-order valence-corrected chi connectivity index (χ4v) is 5.12. The van der Waals surface area contributed by atoms with Gasteiger partial charge in [0.1, 0.15) is 4.88 Å². The Morgan fingerprint density at radius 2 is 2.11 bits per heavy atom. The number of fused-ring (bicyclic) bond motifs is 2. The molecule has 0 bridgehead atoms. The Labute approximate surface area is 168 Å². The highest BCUT2D eigenvalue weighted by Gasteiger charge is 2.34. The van der Waals surface area contributed by atoms with Gasteiger partial charge in [0.2, 0.25) is 0 Å². The van der Waals surface area contributed by atoms with Crippen LogP contribution in [0.3, 0.4) is 0 Å². The number of aryl methyl sites for hydroxylation is 2. The first kappa shape index (κ1) is 17.4. The van der Waals surface area contributed by atoms with Crippen LogP contribution in [0.5, 0.6) is 0 Å². The molecule has 1 aromatic carbocycles. The average molecular weight is 394 g/mol. The molecule has 28 heavy (non-hydrogen) atoms. The van der Waals surface area contributed by atoms with Crippen LogP contribution >= 0.6 is 11.3 Å².